The van der Waals surface area contributed by atoms with Crippen LogP contribution >= 0.6 is 0 Å². The highest BCUT2D eigenvalue weighted by atomic mass is 16.5. The van der Waals surface area contributed by atoms with E-state index in [1.165, 1.54) is 17.2 Å². The largest absolute Gasteiger partial charge is 0.508 e. The van der Waals surface area contributed by atoms with E-state index in [1.807, 2.05) is 30.4 Å². The van der Waals surface area contributed by atoms with Crippen molar-refractivity contribution in [3.8, 4) is 5.75 Å². The lowest BCUT2D eigenvalue weighted by atomic mass is 10.0. The summed E-state index contributed by atoms with van der Waals surface area (Å²) in [6, 6.07) is 12.9. The third-order valence-electron chi connectivity index (χ3n) is 6.53. The minimum atomic E-state index is -0.728. The molecule has 2 unspecified atom stereocenters. The zero-order valence-corrected chi connectivity index (χ0v) is 21.9. The van der Waals surface area contributed by atoms with Crippen LogP contribution in [0.5, 0.6) is 5.75 Å². The van der Waals surface area contributed by atoms with Crippen molar-refractivity contribution in [1.82, 2.24) is 5.32 Å². The number of allylic oxidation sites excluding steroid dienone is 4. The SMILES string of the molecule is CC(C)CCc1ccc(C(O)COC2=CCC=C(CCNCC(O)c3ccc(O)c(CO)c3)C=C2)cc1. The average Bonchev–Trinajstić information content (AvgIpc) is 3.14. The quantitative estimate of drug-likeness (QED) is 0.231. The molecule has 2 atom stereocenters. The molecular weight excluding hydrogens is 466 g/mol. The van der Waals surface area contributed by atoms with Crippen LogP contribution in [0, 0.1) is 5.92 Å². The second kappa shape index (κ2) is 14.7. The highest BCUT2D eigenvalue weighted by Crippen LogP contribution is 2.23. The zero-order valence-electron chi connectivity index (χ0n) is 21.9. The van der Waals surface area contributed by atoms with Gasteiger partial charge in [0.1, 0.15) is 24.2 Å². The Balaban J connectivity index is 1.38. The summed E-state index contributed by atoms with van der Waals surface area (Å²) < 4.78 is 5.88. The van der Waals surface area contributed by atoms with E-state index in [9.17, 15) is 20.4 Å². The van der Waals surface area contributed by atoms with Crippen molar-refractivity contribution in [1.29, 1.82) is 0 Å². The Kier molecular flexibility index (Phi) is 11.4. The molecule has 0 amide bonds. The number of phenols is 1. The van der Waals surface area contributed by atoms with Crippen molar-refractivity contribution in [3.05, 3.63) is 100 Å². The van der Waals surface area contributed by atoms with Crippen LogP contribution in [0.1, 0.15) is 67.6 Å². The van der Waals surface area contributed by atoms with E-state index in [1.54, 1.807) is 12.1 Å². The van der Waals surface area contributed by atoms with Crippen LogP contribution in [0.2, 0.25) is 0 Å². The minimum Gasteiger partial charge on any atom is -0.508 e. The molecule has 0 fully saturated rings. The third kappa shape index (κ3) is 9.48. The van der Waals surface area contributed by atoms with Crippen molar-refractivity contribution in [2.45, 2.75) is 58.3 Å². The Morgan fingerprint density at radius 2 is 1.68 bits per heavy atom. The van der Waals surface area contributed by atoms with E-state index < -0.39 is 12.2 Å². The summed E-state index contributed by atoms with van der Waals surface area (Å²) in [5, 5.41) is 43.2. The van der Waals surface area contributed by atoms with Crippen LogP contribution in [0.3, 0.4) is 0 Å². The van der Waals surface area contributed by atoms with Crippen LogP contribution in [0.25, 0.3) is 0 Å². The van der Waals surface area contributed by atoms with Crippen molar-refractivity contribution in [3.63, 3.8) is 0 Å². The van der Waals surface area contributed by atoms with E-state index in [0.717, 1.165) is 37.0 Å². The van der Waals surface area contributed by atoms with Crippen molar-refractivity contribution >= 4 is 0 Å². The summed E-state index contributed by atoms with van der Waals surface area (Å²) in [4.78, 5) is 0. The number of hydrogen-bond donors (Lipinski definition) is 5. The Morgan fingerprint density at radius 3 is 2.41 bits per heavy atom. The maximum Gasteiger partial charge on any atom is 0.121 e. The third-order valence-corrected chi connectivity index (χ3v) is 6.53. The first-order valence-electron chi connectivity index (χ1n) is 13.1. The first-order chi connectivity index (χ1) is 17.9. The van der Waals surface area contributed by atoms with Gasteiger partial charge in [-0.25, -0.2) is 0 Å². The topological polar surface area (TPSA) is 102 Å². The molecule has 2 aromatic rings. The molecule has 0 aliphatic heterocycles. The predicted molar refractivity (Wildman–Crippen MR) is 147 cm³/mol. The number of aliphatic hydroxyl groups is 3. The molecule has 6 nitrogen and oxygen atoms in total. The van der Waals surface area contributed by atoms with Crippen LogP contribution in [0.15, 0.2) is 78.1 Å². The molecule has 1 aliphatic rings. The number of nitrogens with one attached hydrogen (secondary N) is 1. The summed E-state index contributed by atoms with van der Waals surface area (Å²) in [5.74, 6) is 1.45. The van der Waals surface area contributed by atoms with Crippen LogP contribution in [-0.2, 0) is 17.8 Å². The Bertz CT molecular complexity index is 1070. The molecule has 2 aromatic carbocycles. The van der Waals surface area contributed by atoms with Gasteiger partial charge >= 0.3 is 0 Å². The van der Waals surface area contributed by atoms with Crippen LogP contribution in [-0.4, -0.2) is 40.1 Å². The standard InChI is InChI=1S/C31H41NO5/c1-22(2)6-7-24-8-11-25(12-9-24)31(36)21-37-28-5-3-4-23(10-14-28)16-17-32-19-30(35)26-13-15-29(34)27(18-26)20-33/h4-5,8-15,18,22,30-36H,3,6-7,16-17,19-21H2,1-2H3. The lowest BCUT2D eigenvalue weighted by molar-refractivity contribution is 0.0753. The van der Waals surface area contributed by atoms with Crippen molar-refractivity contribution in [2.24, 2.45) is 5.92 Å². The highest BCUT2D eigenvalue weighted by Gasteiger charge is 2.11. The summed E-state index contributed by atoms with van der Waals surface area (Å²) in [7, 11) is 0. The van der Waals surface area contributed by atoms with Crippen LogP contribution < -0.4 is 5.32 Å². The van der Waals surface area contributed by atoms with Gasteiger partial charge in [0.25, 0.3) is 0 Å². The number of aromatic hydroxyl groups is 1. The zero-order chi connectivity index (χ0) is 26.6. The first-order valence-corrected chi connectivity index (χ1v) is 13.1. The molecule has 37 heavy (non-hydrogen) atoms. The van der Waals surface area contributed by atoms with Gasteiger partial charge in [0.15, 0.2) is 0 Å². The Hall–Kier alpha value is -2.90. The molecule has 0 heterocycles. The molecule has 3 rings (SSSR count). The number of ether oxygens (including phenoxy) is 1. The smallest absolute Gasteiger partial charge is 0.121 e. The van der Waals surface area contributed by atoms with Gasteiger partial charge in [-0.15, -0.1) is 0 Å². The molecule has 0 spiro atoms. The molecule has 0 bridgehead atoms. The number of hydrogen-bond acceptors (Lipinski definition) is 6. The summed E-state index contributed by atoms with van der Waals surface area (Å²) in [5.41, 5.74) is 4.37. The van der Waals surface area contributed by atoms with Gasteiger partial charge < -0.3 is 30.5 Å². The fourth-order valence-electron chi connectivity index (χ4n) is 4.11. The molecular formula is C31H41NO5. The lowest BCUT2D eigenvalue weighted by Gasteiger charge is -2.14. The second-order valence-corrected chi connectivity index (χ2v) is 9.97. The maximum absolute atomic E-state index is 10.6. The first kappa shape index (κ1) is 28.7. The number of aryl methyl sites for hydroxylation is 1. The fourth-order valence-corrected chi connectivity index (χ4v) is 4.11. The molecule has 200 valence electrons. The van der Waals surface area contributed by atoms with E-state index >= 15 is 0 Å². The normalized spacial score (nSPS) is 15.2. The van der Waals surface area contributed by atoms with Crippen molar-refractivity contribution in [2.75, 3.05) is 19.7 Å². The lowest BCUT2D eigenvalue weighted by Crippen LogP contribution is -2.22. The number of rotatable bonds is 14. The molecule has 1 aliphatic carbocycles. The van der Waals surface area contributed by atoms with Gasteiger partial charge in [-0.3, -0.25) is 0 Å². The van der Waals surface area contributed by atoms with Gasteiger partial charge in [0, 0.05) is 12.1 Å². The monoisotopic (exact) mass is 507 g/mol. The van der Waals surface area contributed by atoms with Gasteiger partial charge in [-0.2, -0.15) is 0 Å². The summed E-state index contributed by atoms with van der Waals surface area (Å²) in [6.07, 6.45) is 10.5. The van der Waals surface area contributed by atoms with E-state index in [0.29, 0.717) is 30.1 Å². The van der Waals surface area contributed by atoms with Gasteiger partial charge in [0.05, 0.1) is 12.7 Å². The van der Waals surface area contributed by atoms with Gasteiger partial charge in [-0.05, 0) is 79.1 Å². The summed E-state index contributed by atoms with van der Waals surface area (Å²) >= 11 is 0. The highest BCUT2D eigenvalue weighted by molar-refractivity contribution is 5.36. The Morgan fingerprint density at radius 1 is 0.919 bits per heavy atom. The molecule has 0 saturated carbocycles. The molecule has 0 saturated heterocycles. The average molecular weight is 508 g/mol. The van der Waals surface area contributed by atoms with Crippen molar-refractivity contribution < 1.29 is 25.2 Å². The second-order valence-electron chi connectivity index (χ2n) is 9.97. The van der Waals surface area contributed by atoms with E-state index in [4.69, 9.17) is 4.74 Å². The Labute approximate surface area is 220 Å². The molecule has 6 heteroatoms. The van der Waals surface area contributed by atoms with E-state index in [2.05, 4.69) is 37.4 Å². The van der Waals surface area contributed by atoms with E-state index in [-0.39, 0.29) is 19.0 Å². The summed E-state index contributed by atoms with van der Waals surface area (Å²) in [6.45, 7) is 5.44. The minimum absolute atomic E-state index is 0.0242. The predicted octanol–water partition coefficient (Wildman–Crippen LogP) is 5.01. The van der Waals surface area contributed by atoms with Gasteiger partial charge in [-0.1, -0.05) is 61.9 Å². The number of benzene rings is 2. The van der Waals surface area contributed by atoms with Gasteiger partial charge in [0.2, 0.25) is 0 Å². The van der Waals surface area contributed by atoms with Crippen LogP contribution in [0.4, 0.5) is 0 Å². The molecule has 0 aromatic heterocycles. The number of aliphatic hydroxyl groups excluding tert-OH is 3. The maximum atomic E-state index is 10.6. The fraction of sp³-hybridized carbons (Fsp3) is 0.419. The molecule has 5 N–H and O–H groups in total. The molecule has 0 radical (unpaired) electrons.